The van der Waals surface area contributed by atoms with Crippen molar-refractivity contribution in [3.8, 4) is 0 Å². The fourth-order valence-corrected chi connectivity index (χ4v) is 0. The number of rotatable bonds is 0. The van der Waals surface area contributed by atoms with E-state index >= 15 is 0 Å². The molecule has 0 atom stereocenters. The molecular formula is H2LaO2SrTi. The zero-order valence-corrected chi connectivity index (χ0v) is 7.08. The van der Waals surface area contributed by atoms with E-state index in [9.17, 15) is 0 Å². The first-order chi connectivity index (χ1) is 0. The van der Waals surface area contributed by atoms with Gasteiger partial charge in [0.15, 0.2) is 0 Å². The standard InChI is InChI=1S/La.2O.Sr.Ti.2H/q;2*-2;;+4;;. The zero-order chi connectivity index (χ0) is 0. The van der Waals surface area contributed by atoms with Gasteiger partial charge in [0.05, 0.1) is 0 Å². The molecule has 5 heavy (non-hydrogen) atoms. The molecule has 0 aliphatic heterocycles. The fraction of sp³-hybridized carbons (Fsp3) is 0. The second-order valence-electron chi connectivity index (χ2n) is 0. The summed E-state index contributed by atoms with van der Waals surface area (Å²) in [5, 5.41) is 0. The van der Waals surface area contributed by atoms with Crippen molar-refractivity contribution in [1.29, 1.82) is 0 Å². The van der Waals surface area contributed by atoms with Gasteiger partial charge in [-0.3, -0.25) is 0 Å². The van der Waals surface area contributed by atoms with Crippen molar-refractivity contribution in [2.75, 3.05) is 0 Å². The molecule has 0 bridgehead atoms. The van der Waals surface area contributed by atoms with E-state index < -0.39 is 0 Å². The van der Waals surface area contributed by atoms with Crippen molar-refractivity contribution >= 4 is 45.5 Å². The van der Waals surface area contributed by atoms with Gasteiger partial charge in [0.2, 0.25) is 0 Å². The Bertz CT molecular complexity index is 9.61. The molecule has 0 N–H and O–H groups in total. The van der Waals surface area contributed by atoms with Crippen LogP contribution >= 0.6 is 0 Å². The third-order valence-corrected chi connectivity index (χ3v) is 0. The van der Waals surface area contributed by atoms with E-state index in [1.54, 1.807) is 0 Å². The molecule has 0 heterocycles. The van der Waals surface area contributed by atoms with E-state index in [4.69, 9.17) is 0 Å². The molecule has 0 amide bonds. The zero-order valence-electron chi connectivity index (χ0n) is 1.89. The minimum Gasteiger partial charge on any atom is 4.00 e. The van der Waals surface area contributed by atoms with Crippen LogP contribution in [0.3, 0.4) is 0 Å². The number of hydrogen-bond acceptors (Lipinski definition) is 0. The van der Waals surface area contributed by atoms with E-state index in [1.807, 2.05) is 0 Å². The van der Waals surface area contributed by atoms with Crippen molar-refractivity contribution in [2.24, 2.45) is 0 Å². The molecule has 0 unspecified atom stereocenters. The molecule has 0 saturated heterocycles. The predicted octanol–water partition coefficient (Wildman–Crippen LogP) is -1.16. The van der Waals surface area contributed by atoms with Crippen molar-refractivity contribution in [1.82, 2.24) is 0 Å². The molecule has 0 fully saturated rings. The van der Waals surface area contributed by atoms with Crippen LogP contribution in [0.2, 0.25) is 0 Å². The van der Waals surface area contributed by atoms with Gasteiger partial charge in [-0.25, -0.2) is 0 Å². The smallest absolute Gasteiger partial charge is 4.00 e. The summed E-state index contributed by atoms with van der Waals surface area (Å²) in [5.74, 6) is 0. The van der Waals surface area contributed by atoms with E-state index in [1.165, 1.54) is 0 Å². The summed E-state index contributed by atoms with van der Waals surface area (Å²) >= 11 is 0. The Morgan fingerprint density at radius 3 is 0.800 bits per heavy atom. The van der Waals surface area contributed by atoms with Gasteiger partial charge < -0.3 is 11.0 Å². The molecule has 0 rings (SSSR count). The van der Waals surface area contributed by atoms with Crippen LogP contribution in [-0.2, 0) is 32.7 Å². The second kappa shape index (κ2) is 26.6. The van der Waals surface area contributed by atoms with Crippen LogP contribution in [0, 0.1) is 35.6 Å². The van der Waals surface area contributed by atoms with Crippen molar-refractivity contribution < 1.29 is 68.3 Å². The Kier molecular flexibility index (Phi) is 215. The van der Waals surface area contributed by atoms with Gasteiger partial charge in [-0.15, -0.1) is 0 Å². The predicted molar refractivity (Wildman–Crippen MR) is 9.92 cm³/mol. The molecule has 2 nitrogen and oxygen atoms in total. The van der Waals surface area contributed by atoms with Crippen LogP contribution in [0.15, 0.2) is 0 Å². The Balaban J connectivity index is 0. The molecule has 5 heteroatoms. The van der Waals surface area contributed by atoms with Gasteiger partial charge in [0.1, 0.15) is 0 Å². The van der Waals surface area contributed by atoms with Gasteiger partial charge in [0, 0.05) is 35.6 Å². The van der Waals surface area contributed by atoms with Gasteiger partial charge in [-0.1, -0.05) is 0 Å². The van der Waals surface area contributed by atoms with E-state index in [2.05, 4.69) is 0 Å². The first-order valence-corrected chi connectivity index (χ1v) is 0. The molecule has 0 saturated carbocycles. The molecule has 0 aliphatic rings. The van der Waals surface area contributed by atoms with Crippen LogP contribution in [0.5, 0.6) is 0 Å². The van der Waals surface area contributed by atoms with Crippen molar-refractivity contribution in [3.05, 3.63) is 0 Å². The third kappa shape index (κ3) is 18.8. The molecule has 1 radical (unpaired) electrons. The average Bonchev–Trinajstić information content (AvgIpc) is 0. The van der Waals surface area contributed by atoms with Gasteiger partial charge in [-0.05, 0) is 0 Å². The normalized spacial score (nSPS) is 0. The summed E-state index contributed by atoms with van der Waals surface area (Å²) in [6.07, 6.45) is 0. The summed E-state index contributed by atoms with van der Waals surface area (Å²) < 4.78 is 0. The van der Waals surface area contributed by atoms with E-state index in [0.717, 1.165) is 0 Å². The largest absolute Gasteiger partial charge is 4.00 e. The number of hydrogen-bond donors (Lipinski definition) is 0. The van der Waals surface area contributed by atoms with E-state index in [0.29, 0.717) is 0 Å². The van der Waals surface area contributed by atoms with Gasteiger partial charge >= 0.3 is 67.2 Å². The Morgan fingerprint density at radius 2 is 0.800 bits per heavy atom. The summed E-state index contributed by atoms with van der Waals surface area (Å²) in [6.45, 7) is 0. The minimum atomic E-state index is 0. The first-order valence-electron chi connectivity index (χ1n) is 0. The van der Waals surface area contributed by atoms with Crippen LogP contribution in [0.1, 0.15) is 0 Å². The fourth-order valence-electron chi connectivity index (χ4n) is 0. The monoisotopic (exact) mass is 309 g/mol. The second-order valence-corrected chi connectivity index (χ2v) is 0. The van der Waals surface area contributed by atoms with Crippen LogP contribution in [0.25, 0.3) is 0 Å². The summed E-state index contributed by atoms with van der Waals surface area (Å²) in [5.41, 5.74) is 0. The maximum Gasteiger partial charge on any atom is 4.00 e. The molecule has 0 aliphatic carbocycles. The van der Waals surface area contributed by atoms with Crippen LogP contribution in [0.4, 0.5) is 0 Å². The Morgan fingerprint density at radius 1 is 0.800 bits per heavy atom. The molecular weight excluding hydrogens is 306 g/mol. The summed E-state index contributed by atoms with van der Waals surface area (Å²) in [4.78, 5) is 0. The quantitative estimate of drug-likeness (QED) is 0.507. The van der Waals surface area contributed by atoms with E-state index in [-0.39, 0.29) is 114 Å². The summed E-state index contributed by atoms with van der Waals surface area (Å²) in [6, 6.07) is 0. The topological polar surface area (TPSA) is 57.0 Å². The van der Waals surface area contributed by atoms with Crippen molar-refractivity contribution in [2.45, 2.75) is 0 Å². The maximum absolute atomic E-state index is 0. The molecule has 0 aromatic heterocycles. The minimum absolute atomic E-state index is 0. The molecule has 0 aromatic rings. The third-order valence-electron chi connectivity index (χ3n) is 0. The van der Waals surface area contributed by atoms with Crippen molar-refractivity contribution in [3.63, 3.8) is 0 Å². The molecule has 23 valence electrons. The van der Waals surface area contributed by atoms with Crippen LogP contribution in [-0.4, -0.2) is 45.5 Å². The molecule has 0 aromatic carbocycles. The Labute approximate surface area is 111 Å². The SMILES string of the molecule is [La].[O-2].[O-2].[SrH2].[Ti+4]. The Hall–Kier alpha value is 3.31. The van der Waals surface area contributed by atoms with Gasteiger partial charge in [0.25, 0.3) is 0 Å². The van der Waals surface area contributed by atoms with Gasteiger partial charge in [-0.2, -0.15) is 0 Å². The van der Waals surface area contributed by atoms with Crippen LogP contribution < -0.4 is 0 Å². The maximum atomic E-state index is 0. The first kappa shape index (κ1) is 40.5. The molecule has 0 spiro atoms. The summed E-state index contributed by atoms with van der Waals surface area (Å²) in [7, 11) is 0. The average molecular weight is 308 g/mol.